The van der Waals surface area contributed by atoms with Gasteiger partial charge in [0.2, 0.25) is 5.91 Å². The maximum absolute atomic E-state index is 15.3. The Morgan fingerprint density at radius 1 is 1.23 bits per heavy atom. The van der Waals surface area contributed by atoms with Gasteiger partial charge in [-0.2, -0.15) is 0 Å². The number of nitrogens with one attached hydrogen (secondary N) is 1. The highest BCUT2D eigenvalue weighted by molar-refractivity contribution is 5.79. The van der Waals surface area contributed by atoms with Crippen LogP contribution in [-0.2, 0) is 15.1 Å². The summed E-state index contributed by atoms with van der Waals surface area (Å²) in [6, 6.07) is 11.3. The van der Waals surface area contributed by atoms with E-state index >= 15 is 4.39 Å². The Kier molecular flexibility index (Phi) is 9.65. The fourth-order valence-corrected chi connectivity index (χ4v) is 6.00. The molecule has 5 N–H and O–H groups in total. The number of aliphatic hydroxyl groups excluding tert-OH is 1. The first-order valence-electron chi connectivity index (χ1n) is 13.9. The van der Waals surface area contributed by atoms with Crippen LogP contribution in [0.5, 0.6) is 11.5 Å². The number of ether oxygens (including phenoxy) is 2. The van der Waals surface area contributed by atoms with Crippen LogP contribution >= 0.6 is 0 Å². The maximum Gasteiger partial charge on any atom is 0.406 e. The van der Waals surface area contributed by atoms with Crippen LogP contribution in [0.2, 0.25) is 0 Å². The molecular weight excluding hydrogens is 517 g/mol. The molecule has 10 heteroatoms. The number of carbonyl (C=O) groups excluding carboxylic acids is 2. The first-order valence-corrected chi connectivity index (χ1v) is 13.9. The van der Waals surface area contributed by atoms with Crippen LogP contribution in [0.1, 0.15) is 49.7 Å². The number of piperidine rings is 1. The van der Waals surface area contributed by atoms with Gasteiger partial charge < -0.3 is 35.6 Å². The van der Waals surface area contributed by atoms with Crippen molar-refractivity contribution in [1.29, 1.82) is 0 Å². The quantitative estimate of drug-likeness (QED) is 0.346. The van der Waals surface area contributed by atoms with E-state index in [-0.39, 0.29) is 37.1 Å². The highest BCUT2D eigenvalue weighted by Gasteiger charge is 2.45. The number of aliphatic hydroxyl groups is 2. The monoisotopic (exact) mass is 557 g/mol. The van der Waals surface area contributed by atoms with E-state index in [1.54, 1.807) is 29.2 Å². The van der Waals surface area contributed by atoms with Crippen LogP contribution in [0, 0.1) is 24.6 Å². The van der Waals surface area contributed by atoms with Crippen LogP contribution in [0.3, 0.4) is 0 Å². The maximum atomic E-state index is 15.3. The number of likely N-dealkylation sites (tertiary alicyclic amines) is 1. The summed E-state index contributed by atoms with van der Waals surface area (Å²) in [6.07, 6.45) is 1.28. The highest BCUT2D eigenvalue weighted by Crippen LogP contribution is 2.45. The summed E-state index contributed by atoms with van der Waals surface area (Å²) in [4.78, 5) is 26.7. The summed E-state index contributed by atoms with van der Waals surface area (Å²) >= 11 is 0. The normalized spacial score (nSPS) is 24.3. The summed E-state index contributed by atoms with van der Waals surface area (Å²) in [5.74, 6) is -1.10. The van der Waals surface area contributed by atoms with E-state index in [0.29, 0.717) is 50.0 Å². The molecule has 2 amide bonds. The molecule has 0 spiro atoms. The van der Waals surface area contributed by atoms with Gasteiger partial charge in [0, 0.05) is 43.1 Å². The Morgan fingerprint density at radius 3 is 2.70 bits per heavy atom. The zero-order chi connectivity index (χ0) is 28.9. The Hall–Kier alpha value is -3.21. The van der Waals surface area contributed by atoms with E-state index in [9.17, 15) is 19.8 Å². The smallest absolute Gasteiger partial charge is 0.406 e. The zero-order valence-electron chi connectivity index (χ0n) is 23.1. The molecule has 0 radical (unpaired) electrons. The predicted octanol–water partition coefficient (Wildman–Crippen LogP) is 3.59. The zero-order valence-corrected chi connectivity index (χ0v) is 23.1. The number of hydrogen-bond acceptors (Lipinski definition) is 7. The Balaban J connectivity index is 1.64. The molecule has 9 nitrogen and oxygen atoms in total. The Labute approximate surface area is 234 Å². The number of amides is 2. The summed E-state index contributed by atoms with van der Waals surface area (Å²) in [5.41, 5.74) is 5.63. The number of aryl methyl sites for hydroxylation is 1. The molecule has 1 saturated carbocycles. The molecule has 2 aromatic carbocycles. The van der Waals surface area contributed by atoms with Crippen molar-refractivity contribution < 1.29 is 33.7 Å². The summed E-state index contributed by atoms with van der Waals surface area (Å²) in [7, 11) is 1.27. The van der Waals surface area contributed by atoms with Crippen LogP contribution in [0.25, 0.3) is 0 Å². The molecule has 0 unspecified atom stereocenters. The number of carbonyl (C=O) groups is 2. The van der Waals surface area contributed by atoms with Crippen LogP contribution in [0.4, 0.5) is 9.18 Å². The van der Waals surface area contributed by atoms with Crippen molar-refractivity contribution in [3.8, 4) is 11.5 Å². The molecule has 1 aliphatic heterocycles. The molecule has 1 aliphatic carbocycles. The largest absolute Gasteiger partial charge is 0.454 e. The minimum Gasteiger partial charge on any atom is -0.454 e. The topological polar surface area (TPSA) is 134 Å². The molecule has 5 atom stereocenters. The molecule has 2 fully saturated rings. The molecule has 2 aromatic rings. The van der Waals surface area contributed by atoms with Gasteiger partial charge in [-0.05, 0) is 69.2 Å². The second-order valence-corrected chi connectivity index (χ2v) is 11.0. The van der Waals surface area contributed by atoms with Crippen molar-refractivity contribution in [2.75, 3.05) is 26.7 Å². The van der Waals surface area contributed by atoms with Crippen molar-refractivity contribution in [3.63, 3.8) is 0 Å². The molecule has 4 rings (SSSR count). The fourth-order valence-electron chi connectivity index (χ4n) is 6.00. The minimum atomic E-state index is -1.57. The van der Waals surface area contributed by atoms with E-state index in [0.717, 1.165) is 5.56 Å². The van der Waals surface area contributed by atoms with Gasteiger partial charge in [-0.3, -0.25) is 4.79 Å². The van der Waals surface area contributed by atoms with E-state index in [1.807, 2.05) is 19.1 Å². The third-order valence-electron chi connectivity index (χ3n) is 8.17. The number of hydrogen-bond donors (Lipinski definition) is 4. The fraction of sp³-hybridized carbons (Fsp3) is 0.533. The summed E-state index contributed by atoms with van der Waals surface area (Å²) in [6.45, 7) is 2.95. The van der Waals surface area contributed by atoms with Crippen LogP contribution < -0.4 is 15.8 Å². The van der Waals surface area contributed by atoms with Gasteiger partial charge in [0.15, 0.2) is 11.6 Å². The summed E-state index contributed by atoms with van der Waals surface area (Å²) in [5, 5.41) is 25.1. The molecular formula is C30H40FN3O6. The third-order valence-corrected chi connectivity index (χ3v) is 8.17. The van der Waals surface area contributed by atoms with Gasteiger partial charge >= 0.3 is 6.09 Å². The SMILES string of the molecule is COC(=O)NCCC[C@@](O)(c1cccc(F)c1Oc1cccc(C)c1)[C@@H]1CCCN(C(=O)[C@H]2C[C@@H](N)[C@@H](O)C2)C1. The van der Waals surface area contributed by atoms with E-state index in [2.05, 4.69) is 10.1 Å². The number of rotatable bonds is 9. The number of para-hydroxylation sites is 1. The lowest BCUT2D eigenvalue weighted by Crippen LogP contribution is -2.49. The molecule has 1 heterocycles. The van der Waals surface area contributed by atoms with Gasteiger partial charge in [-0.25, -0.2) is 9.18 Å². The van der Waals surface area contributed by atoms with Gasteiger partial charge in [-0.1, -0.05) is 24.3 Å². The lowest BCUT2D eigenvalue weighted by Gasteiger charge is -2.44. The lowest BCUT2D eigenvalue weighted by molar-refractivity contribution is -0.141. The minimum absolute atomic E-state index is 0.0649. The molecule has 40 heavy (non-hydrogen) atoms. The molecule has 1 saturated heterocycles. The van der Waals surface area contributed by atoms with Crippen molar-refractivity contribution in [3.05, 3.63) is 59.4 Å². The van der Waals surface area contributed by atoms with Gasteiger partial charge in [0.05, 0.1) is 18.8 Å². The Bertz CT molecular complexity index is 1190. The van der Waals surface area contributed by atoms with E-state index < -0.39 is 35.6 Å². The first kappa shape index (κ1) is 29.8. The predicted molar refractivity (Wildman–Crippen MR) is 147 cm³/mol. The first-order chi connectivity index (χ1) is 19.1. The number of methoxy groups -OCH3 is 1. The Morgan fingerprint density at radius 2 is 2.00 bits per heavy atom. The van der Waals surface area contributed by atoms with Crippen LogP contribution in [0.15, 0.2) is 42.5 Å². The van der Waals surface area contributed by atoms with E-state index in [1.165, 1.54) is 13.2 Å². The van der Waals surface area contributed by atoms with Crippen LogP contribution in [-0.4, -0.2) is 66.0 Å². The second-order valence-electron chi connectivity index (χ2n) is 11.0. The molecule has 0 bridgehead atoms. The third kappa shape index (κ3) is 6.74. The van der Waals surface area contributed by atoms with Crippen molar-refractivity contribution >= 4 is 12.0 Å². The lowest BCUT2D eigenvalue weighted by atomic mass is 9.73. The molecule has 2 aliphatic rings. The van der Waals surface area contributed by atoms with Gasteiger partial charge in [-0.15, -0.1) is 0 Å². The van der Waals surface area contributed by atoms with Crippen molar-refractivity contribution in [1.82, 2.24) is 10.2 Å². The van der Waals surface area contributed by atoms with Crippen molar-refractivity contribution in [2.45, 2.75) is 63.2 Å². The standard InChI is InChI=1S/C30H40FN3O6/c1-19-7-3-9-22(15-19)40-27-23(10-4-11-24(27)31)30(38,12-6-13-33-29(37)39-2)21-8-5-14-34(18-21)28(36)20-16-25(32)26(35)17-20/h3-4,7,9-11,15,20-21,25-26,35,38H,5-6,8,12-14,16-18,32H2,1-2H3,(H,33,37)/t20-,21+,25+,26-,30-/m0/s1. The highest BCUT2D eigenvalue weighted by atomic mass is 19.1. The number of benzene rings is 2. The number of nitrogens with two attached hydrogens (primary N) is 1. The molecule has 0 aromatic heterocycles. The van der Waals surface area contributed by atoms with E-state index in [4.69, 9.17) is 10.5 Å². The molecule has 218 valence electrons. The number of alkyl carbamates (subject to hydrolysis) is 1. The summed E-state index contributed by atoms with van der Waals surface area (Å²) < 4.78 is 26.0. The average molecular weight is 558 g/mol. The average Bonchev–Trinajstić information content (AvgIpc) is 3.29. The van der Waals surface area contributed by atoms with Crippen molar-refractivity contribution in [2.24, 2.45) is 17.6 Å². The second kappa shape index (κ2) is 13.0. The van der Waals surface area contributed by atoms with Gasteiger partial charge in [0.25, 0.3) is 0 Å². The van der Waals surface area contributed by atoms with Gasteiger partial charge in [0.1, 0.15) is 5.75 Å². The number of halogens is 1. The number of nitrogens with zero attached hydrogens (tertiary/aromatic N) is 1.